The summed E-state index contributed by atoms with van der Waals surface area (Å²) in [6.45, 7) is 0. The lowest BCUT2D eigenvalue weighted by Crippen LogP contribution is -2.12. The highest BCUT2D eigenvalue weighted by molar-refractivity contribution is 5.88. The van der Waals surface area contributed by atoms with Crippen LogP contribution >= 0.6 is 0 Å². The SMILES string of the molecule is C#CCCCCC(=O)Nc1nc(OC)n[nH]1. The minimum Gasteiger partial charge on any atom is -0.466 e. The van der Waals surface area contributed by atoms with Crippen LogP contribution in [-0.4, -0.2) is 28.2 Å². The van der Waals surface area contributed by atoms with Crippen LogP contribution in [0.25, 0.3) is 0 Å². The number of carbonyl (C=O) groups excluding carboxylic acids is 1. The van der Waals surface area contributed by atoms with E-state index in [2.05, 4.69) is 26.4 Å². The molecular weight excluding hydrogens is 208 g/mol. The molecule has 0 radical (unpaired) electrons. The summed E-state index contributed by atoms with van der Waals surface area (Å²) in [6, 6.07) is 0.197. The fraction of sp³-hybridized carbons (Fsp3) is 0.500. The predicted octanol–water partition coefficient (Wildman–Crippen LogP) is 0.945. The quantitative estimate of drug-likeness (QED) is 0.554. The Morgan fingerprint density at radius 3 is 3.06 bits per heavy atom. The summed E-state index contributed by atoms with van der Waals surface area (Å²) in [4.78, 5) is 15.2. The van der Waals surface area contributed by atoms with Crippen LogP contribution in [0.15, 0.2) is 0 Å². The Kier molecular flexibility index (Phi) is 4.86. The van der Waals surface area contributed by atoms with Gasteiger partial charge in [0.2, 0.25) is 11.9 Å². The molecule has 0 fully saturated rings. The van der Waals surface area contributed by atoms with Gasteiger partial charge in [-0.1, -0.05) is 0 Å². The Bertz CT molecular complexity index is 380. The lowest BCUT2D eigenvalue weighted by atomic mass is 10.2. The van der Waals surface area contributed by atoms with Gasteiger partial charge in [0, 0.05) is 12.8 Å². The highest BCUT2D eigenvalue weighted by atomic mass is 16.5. The predicted molar refractivity (Wildman–Crippen MR) is 58.9 cm³/mol. The minimum absolute atomic E-state index is 0.115. The lowest BCUT2D eigenvalue weighted by Gasteiger charge is -1.99. The molecule has 6 heteroatoms. The van der Waals surface area contributed by atoms with Gasteiger partial charge in [-0.25, -0.2) is 5.10 Å². The van der Waals surface area contributed by atoms with Crippen molar-refractivity contribution >= 4 is 11.9 Å². The number of amides is 1. The number of nitrogens with zero attached hydrogens (tertiary/aromatic N) is 2. The summed E-state index contributed by atoms with van der Waals surface area (Å²) in [6.07, 6.45) is 7.83. The number of anilines is 1. The van der Waals surface area contributed by atoms with Crippen molar-refractivity contribution in [3.63, 3.8) is 0 Å². The molecule has 6 nitrogen and oxygen atoms in total. The van der Waals surface area contributed by atoms with E-state index in [1.807, 2.05) is 0 Å². The Hall–Kier alpha value is -2.03. The maximum Gasteiger partial charge on any atom is 0.336 e. The van der Waals surface area contributed by atoms with Crippen molar-refractivity contribution in [1.29, 1.82) is 0 Å². The Balaban J connectivity index is 2.26. The smallest absolute Gasteiger partial charge is 0.336 e. The topological polar surface area (TPSA) is 79.9 Å². The van der Waals surface area contributed by atoms with Crippen LogP contribution in [0.3, 0.4) is 0 Å². The number of ether oxygens (including phenoxy) is 1. The molecule has 0 bridgehead atoms. The van der Waals surface area contributed by atoms with Gasteiger partial charge in [-0.05, 0) is 12.8 Å². The number of methoxy groups -OCH3 is 1. The molecule has 0 spiro atoms. The second-order valence-corrected chi connectivity index (χ2v) is 3.13. The lowest BCUT2D eigenvalue weighted by molar-refractivity contribution is -0.116. The summed E-state index contributed by atoms with van der Waals surface area (Å²) in [5.41, 5.74) is 0. The molecule has 1 aromatic rings. The number of aromatic nitrogens is 3. The molecule has 0 saturated carbocycles. The molecule has 2 N–H and O–H groups in total. The molecule has 1 rings (SSSR count). The van der Waals surface area contributed by atoms with Gasteiger partial charge in [0.05, 0.1) is 7.11 Å². The van der Waals surface area contributed by atoms with Gasteiger partial charge in [-0.3, -0.25) is 10.1 Å². The largest absolute Gasteiger partial charge is 0.466 e. The number of nitrogens with one attached hydrogen (secondary N) is 2. The number of hydrogen-bond acceptors (Lipinski definition) is 4. The van der Waals surface area contributed by atoms with E-state index in [-0.39, 0.29) is 11.9 Å². The van der Waals surface area contributed by atoms with Gasteiger partial charge < -0.3 is 4.74 Å². The van der Waals surface area contributed by atoms with E-state index in [0.717, 1.165) is 12.8 Å². The summed E-state index contributed by atoms with van der Waals surface area (Å²) in [5, 5.41) is 8.81. The highest BCUT2D eigenvalue weighted by Gasteiger charge is 2.06. The standard InChI is InChI=1S/C10H14N4O2/c1-3-4-5-6-7-8(15)11-9-12-10(16-2)14-13-9/h1H,4-7H2,2H3,(H2,11,12,13,14,15). The van der Waals surface area contributed by atoms with Crippen molar-refractivity contribution in [2.45, 2.75) is 25.7 Å². The maximum absolute atomic E-state index is 11.4. The van der Waals surface area contributed by atoms with Gasteiger partial charge in [0.1, 0.15) is 0 Å². The molecule has 0 aromatic carbocycles. The summed E-state index contributed by atoms with van der Waals surface area (Å²) in [7, 11) is 1.45. The molecule has 0 atom stereocenters. The number of aromatic amines is 1. The Morgan fingerprint density at radius 2 is 2.44 bits per heavy atom. The molecule has 0 unspecified atom stereocenters. The highest BCUT2D eigenvalue weighted by Crippen LogP contribution is 2.06. The first-order valence-corrected chi connectivity index (χ1v) is 4.96. The molecule has 16 heavy (non-hydrogen) atoms. The fourth-order valence-electron chi connectivity index (χ4n) is 1.10. The number of hydrogen-bond donors (Lipinski definition) is 2. The minimum atomic E-state index is -0.115. The van der Waals surface area contributed by atoms with Crippen LogP contribution in [0.1, 0.15) is 25.7 Å². The first-order valence-electron chi connectivity index (χ1n) is 4.96. The Labute approximate surface area is 93.8 Å². The van der Waals surface area contributed by atoms with Gasteiger partial charge >= 0.3 is 6.01 Å². The third-order valence-electron chi connectivity index (χ3n) is 1.88. The molecule has 0 saturated heterocycles. The Morgan fingerprint density at radius 1 is 1.62 bits per heavy atom. The van der Waals surface area contributed by atoms with Crippen molar-refractivity contribution in [1.82, 2.24) is 15.2 Å². The van der Waals surface area contributed by atoms with Crippen molar-refractivity contribution in [2.75, 3.05) is 12.4 Å². The van der Waals surface area contributed by atoms with Crippen LogP contribution in [0.4, 0.5) is 5.95 Å². The molecular formula is C10H14N4O2. The van der Waals surface area contributed by atoms with E-state index in [1.54, 1.807) is 0 Å². The zero-order valence-corrected chi connectivity index (χ0v) is 9.12. The molecule has 1 aromatic heterocycles. The van der Waals surface area contributed by atoms with Gasteiger partial charge in [-0.15, -0.1) is 17.4 Å². The van der Waals surface area contributed by atoms with Crippen LogP contribution in [0.5, 0.6) is 6.01 Å². The molecule has 1 amide bonds. The second kappa shape index (κ2) is 6.45. The van der Waals surface area contributed by atoms with E-state index in [4.69, 9.17) is 11.2 Å². The van der Waals surface area contributed by atoms with Crippen molar-refractivity contribution < 1.29 is 9.53 Å². The van der Waals surface area contributed by atoms with Crippen molar-refractivity contribution in [2.24, 2.45) is 0 Å². The number of terminal acetylenes is 1. The van der Waals surface area contributed by atoms with Crippen LogP contribution in [0.2, 0.25) is 0 Å². The second-order valence-electron chi connectivity index (χ2n) is 3.13. The molecule has 0 aliphatic heterocycles. The molecule has 86 valence electrons. The zero-order chi connectivity index (χ0) is 11.8. The van der Waals surface area contributed by atoms with E-state index in [9.17, 15) is 4.79 Å². The monoisotopic (exact) mass is 222 g/mol. The van der Waals surface area contributed by atoms with Gasteiger partial charge in [0.25, 0.3) is 0 Å². The summed E-state index contributed by atoms with van der Waals surface area (Å²) < 4.78 is 4.76. The zero-order valence-electron chi connectivity index (χ0n) is 9.12. The number of rotatable bonds is 6. The van der Waals surface area contributed by atoms with Gasteiger partial charge in [0.15, 0.2) is 0 Å². The van der Waals surface area contributed by atoms with E-state index in [1.165, 1.54) is 7.11 Å². The van der Waals surface area contributed by atoms with Crippen LogP contribution in [0, 0.1) is 12.3 Å². The third-order valence-corrected chi connectivity index (χ3v) is 1.88. The van der Waals surface area contributed by atoms with Gasteiger partial charge in [-0.2, -0.15) is 4.98 Å². The van der Waals surface area contributed by atoms with E-state index >= 15 is 0 Å². The number of carbonyl (C=O) groups is 1. The van der Waals surface area contributed by atoms with Crippen LogP contribution in [-0.2, 0) is 4.79 Å². The number of H-pyrrole nitrogens is 1. The average Bonchev–Trinajstić information content (AvgIpc) is 2.72. The normalized spacial score (nSPS) is 9.50. The van der Waals surface area contributed by atoms with Crippen LogP contribution < -0.4 is 10.1 Å². The molecule has 1 heterocycles. The maximum atomic E-state index is 11.4. The first-order chi connectivity index (χ1) is 7.76. The van der Waals surface area contributed by atoms with Crippen molar-refractivity contribution in [3.8, 4) is 18.4 Å². The van der Waals surface area contributed by atoms with E-state index in [0.29, 0.717) is 18.8 Å². The molecule has 0 aliphatic rings. The summed E-state index contributed by atoms with van der Waals surface area (Å²) in [5.74, 6) is 2.70. The summed E-state index contributed by atoms with van der Waals surface area (Å²) >= 11 is 0. The third kappa shape index (κ3) is 4.00. The number of unbranched alkanes of at least 4 members (excludes halogenated alkanes) is 2. The first kappa shape index (κ1) is 12.0. The van der Waals surface area contributed by atoms with E-state index < -0.39 is 0 Å². The molecule has 0 aliphatic carbocycles. The fourth-order valence-corrected chi connectivity index (χ4v) is 1.10. The average molecular weight is 222 g/mol. The van der Waals surface area contributed by atoms with Crippen molar-refractivity contribution in [3.05, 3.63) is 0 Å².